The van der Waals surface area contributed by atoms with Gasteiger partial charge < -0.3 is 10.1 Å². The molecular formula is C17H20N2O. The number of methoxy groups -OCH3 is 1. The van der Waals surface area contributed by atoms with Crippen molar-refractivity contribution in [2.45, 2.75) is 26.3 Å². The van der Waals surface area contributed by atoms with Gasteiger partial charge in [0.1, 0.15) is 0 Å². The second-order valence-corrected chi connectivity index (χ2v) is 6.00. The summed E-state index contributed by atoms with van der Waals surface area (Å²) in [7, 11) is 1.65. The van der Waals surface area contributed by atoms with Crippen molar-refractivity contribution in [3.8, 4) is 5.88 Å². The van der Waals surface area contributed by atoms with Crippen molar-refractivity contribution in [1.82, 2.24) is 4.98 Å². The molecule has 1 atom stereocenters. The molecule has 0 saturated carbocycles. The van der Waals surface area contributed by atoms with Crippen LogP contribution in [0.15, 0.2) is 42.6 Å². The molecule has 0 radical (unpaired) electrons. The highest BCUT2D eigenvalue weighted by Gasteiger charge is 2.39. The summed E-state index contributed by atoms with van der Waals surface area (Å²) >= 11 is 0. The normalized spacial score (nSPS) is 19.4. The standard InChI is InChI=1S/C17H20N2O/c1-17(2)11-12-7-4-5-8-13(12)15(17)19-14-9-6-10-18-16(14)20-3/h4-10,15,19H,11H2,1-3H3. The number of benzene rings is 1. The van der Waals surface area contributed by atoms with Gasteiger partial charge in [-0.05, 0) is 35.1 Å². The van der Waals surface area contributed by atoms with Gasteiger partial charge in [0, 0.05) is 6.20 Å². The molecule has 1 aliphatic carbocycles. The maximum Gasteiger partial charge on any atom is 0.237 e. The Balaban J connectivity index is 1.97. The number of rotatable bonds is 3. The second kappa shape index (κ2) is 4.82. The van der Waals surface area contributed by atoms with Gasteiger partial charge in [0.15, 0.2) is 0 Å². The first-order valence-electron chi connectivity index (χ1n) is 6.95. The van der Waals surface area contributed by atoms with Crippen LogP contribution in [0.4, 0.5) is 5.69 Å². The molecule has 1 aromatic heterocycles. The van der Waals surface area contributed by atoms with Gasteiger partial charge in [0.2, 0.25) is 5.88 Å². The summed E-state index contributed by atoms with van der Waals surface area (Å²) in [4.78, 5) is 4.26. The molecule has 3 rings (SSSR count). The second-order valence-electron chi connectivity index (χ2n) is 6.00. The van der Waals surface area contributed by atoms with Crippen LogP contribution in [-0.2, 0) is 6.42 Å². The van der Waals surface area contributed by atoms with Crippen LogP contribution >= 0.6 is 0 Å². The molecule has 0 spiro atoms. The molecule has 1 unspecified atom stereocenters. The minimum absolute atomic E-state index is 0.171. The molecule has 1 aliphatic rings. The van der Waals surface area contributed by atoms with Crippen LogP contribution in [0, 0.1) is 5.41 Å². The first-order valence-corrected chi connectivity index (χ1v) is 6.95. The fourth-order valence-corrected chi connectivity index (χ4v) is 3.08. The highest BCUT2D eigenvalue weighted by Crippen LogP contribution is 2.47. The molecule has 0 fully saturated rings. The van der Waals surface area contributed by atoms with Gasteiger partial charge in [-0.25, -0.2) is 4.98 Å². The van der Waals surface area contributed by atoms with Crippen LogP contribution in [0.1, 0.15) is 31.0 Å². The van der Waals surface area contributed by atoms with Crippen LogP contribution in [0.3, 0.4) is 0 Å². The number of aromatic nitrogens is 1. The van der Waals surface area contributed by atoms with Gasteiger partial charge >= 0.3 is 0 Å². The topological polar surface area (TPSA) is 34.1 Å². The average Bonchev–Trinajstić information content (AvgIpc) is 2.70. The molecule has 0 aliphatic heterocycles. The van der Waals surface area contributed by atoms with Crippen molar-refractivity contribution in [2.75, 3.05) is 12.4 Å². The van der Waals surface area contributed by atoms with Crippen molar-refractivity contribution in [3.05, 3.63) is 53.7 Å². The van der Waals surface area contributed by atoms with Gasteiger partial charge in [-0.1, -0.05) is 38.1 Å². The van der Waals surface area contributed by atoms with Crippen molar-refractivity contribution in [1.29, 1.82) is 0 Å². The Labute approximate surface area is 120 Å². The van der Waals surface area contributed by atoms with Crippen LogP contribution in [0.5, 0.6) is 5.88 Å². The summed E-state index contributed by atoms with van der Waals surface area (Å²) in [6.45, 7) is 4.60. The predicted molar refractivity (Wildman–Crippen MR) is 81.1 cm³/mol. The Bertz CT molecular complexity index is 622. The minimum Gasteiger partial charge on any atom is -0.480 e. The monoisotopic (exact) mass is 268 g/mol. The number of ether oxygens (including phenoxy) is 1. The molecule has 0 bridgehead atoms. The number of hydrogen-bond donors (Lipinski definition) is 1. The number of pyridine rings is 1. The van der Waals surface area contributed by atoms with E-state index >= 15 is 0 Å². The van der Waals surface area contributed by atoms with Gasteiger partial charge in [0.05, 0.1) is 18.8 Å². The largest absolute Gasteiger partial charge is 0.480 e. The predicted octanol–water partition coefficient (Wildman–Crippen LogP) is 3.83. The van der Waals surface area contributed by atoms with E-state index in [1.165, 1.54) is 11.1 Å². The maximum absolute atomic E-state index is 5.34. The van der Waals surface area contributed by atoms with E-state index in [9.17, 15) is 0 Å². The van der Waals surface area contributed by atoms with E-state index in [2.05, 4.69) is 48.4 Å². The highest BCUT2D eigenvalue weighted by molar-refractivity contribution is 5.55. The van der Waals surface area contributed by atoms with Gasteiger partial charge in [-0.15, -0.1) is 0 Å². The van der Waals surface area contributed by atoms with Crippen molar-refractivity contribution >= 4 is 5.69 Å². The summed E-state index contributed by atoms with van der Waals surface area (Å²) in [6, 6.07) is 12.9. The fraction of sp³-hybridized carbons (Fsp3) is 0.353. The Morgan fingerprint density at radius 1 is 1.20 bits per heavy atom. The van der Waals surface area contributed by atoms with Gasteiger partial charge in [-0.2, -0.15) is 0 Å². The number of hydrogen-bond acceptors (Lipinski definition) is 3. The molecule has 0 amide bonds. The van der Waals surface area contributed by atoms with E-state index in [0.717, 1.165) is 12.1 Å². The van der Waals surface area contributed by atoms with Crippen LogP contribution in [0.2, 0.25) is 0 Å². The van der Waals surface area contributed by atoms with Crippen molar-refractivity contribution in [3.63, 3.8) is 0 Å². The first-order chi connectivity index (χ1) is 9.62. The third-order valence-corrected chi connectivity index (χ3v) is 4.06. The molecular weight excluding hydrogens is 248 g/mol. The van der Waals surface area contributed by atoms with Crippen LogP contribution < -0.4 is 10.1 Å². The molecule has 1 aromatic carbocycles. The Hall–Kier alpha value is -2.03. The van der Waals surface area contributed by atoms with Crippen molar-refractivity contribution < 1.29 is 4.74 Å². The fourth-order valence-electron chi connectivity index (χ4n) is 3.08. The smallest absolute Gasteiger partial charge is 0.237 e. The van der Waals surface area contributed by atoms with Crippen LogP contribution in [-0.4, -0.2) is 12.1 Å². The molecule has 104 valence electrons. The molecule has 0 saturated heterocycles. The minimum atomic E-state index is 0.171. The average molecular weight is 268 g/mol. The highest BCUT2D eigenvalue weighted by atomic mass is 16.5. The quantitative estimate of drug-likeness (QED) is 0.918. The summed E-state index contributed by atoms with van der Waals surface area (Å²) in [5.74, 6) is 0.646. The lowest BCUT2D eigenvalue weighted by Gasteiger charge is -2.29. The molecule has 3 heteroatoms. The Morgan fingerprint density at radius 3 is 2.80 bits per heavy atom. The zero-order valence-corrected chi connectivity index (χ0v) is 12.2. The third kappa shape index (κ3) is 2.13. The first kappa shape index (κ1) is 13.0. The molecule has 2 aromatic rings. The van der Waals surface area contributed by atoms with E-state index in [4.69, 9.17) is 4.74 Å². The number of nitrogens with zero attached hydrogens (tertiary/aromatic N) is 1. The molecule has 20 heavy (non-hydrogen) atoms. The Kier molecular flexibility index (Phi) is 3.13. The molecule has 1 N–H and O–H groups in total. The van der Waals surface area contributed by atoms with E-state index in [1.54, 1.807) is 13.3 Å². The number of nitrogens with one attached hydrogen (secondary N) is 1. The Morgan fingerprint density at radius 2 is 2.00 bits per heavy atom. The molecule has 3 nitrogen and oxygen atoms in total. The SMILES string of the molecule is COc1ncccc1NC1c2ccccc2CC1(C)C. The summed E-state index contributed by atoms with van der Waals surface area (Å²) < 4.78 is 5.34. The van der Waals surface area contributed by atoms with E-state index in [1.807, 2.05) is 12.1 Å². The lowest BCUT2D eigenvalue weighted by atomic mass is 9.85. The lowest BCUT2D eigenvalue weighted by molar-refractivity contribution is 0.335. The summed E-state index contributed by atoms with van der Waals surface area (Å²) in [5.41, 5.74) is 3.93. The number of fused-ring (bicyclic) bond motifs is 1. The third-order valence-electron chi connectivity index (χ3n) is 4.06. The zero-order chi connectivity index (χ0) is 14.2. The van der Waals surface area contributed by atoms with Crippen LogP contribution in [0.25, 0.3) is 0 Å². The maximum atomic E-state index is 5.34. The lowest BCUT2D eigenvalue weighted by Crippen LogP contribution is -2.24. The van der Waals surface area contributed by atoms with Gasteiger partial charge in [-0.3, -0.25) is 0 Å². The summed E-state index contributed by atoms with van der Waals surface area (Å²) in [6.07, 6.45) is 2.83. The molecule has 1 heterocycles. The van der Waals surface area contributed by atoms with E-state index in [-0.39, 0.29) is 11.5 Å². The van der Waals surface area contributed by atoms with E-state index < -0.39 is 0 Å². The number of anilines is 1. The van der Waals surface area contributed by atoms with Crippen molar-refractivity contribution in [2.24, 2.45) is 5.41 Å². The van der Waals surface area contributed by atoms with Gasteiger partial charge in [0.25, 0.3) is 0 Å². The zero-order valence-electron chi connectivity index (χ0n) is 12.2. The summed E-state index contributed by atoms with van der Waals surface area (Å²) in [5, 5.41) is 3.62. The van der Waals surface area contributed by atoms with E-state index in [0.29, 0.717) is 5.88 Å².